The van der Waals surface area contributed by atoms with E-state index in [0.717, 1.165) is 51.9 Å². The van der Waals surface area contributed by atoms with Crippen molar-refractivity contribution < 1.29 is 9.59 Å². The Morgan fingerprint density at radius 1 is 1.08 bits per heavy atom. The van der Waals surface area contributed by atoms with Crippen molar-refractivity contribution in [3.8, 4) is 6.07 Å². The quantitative estimate of drug-likeness (QED) is 0.902. The zero-order valence-corrected chi connectivity index (χ0v) is 15.3. The first-order chi connectivity index (χ1) is 12.6. The molecular weight excluding hydrogens is 328 g/mol. The van der Waals surface area contributed by atoms with Gasteiger partial charge in [-0.25, -0.2) is 0 Å². The number of nitriles is 1. The molecule has 1 aliphatic heterocycles. The van der Waals surface area contributed by atoms with E-state index >= 15 is 0 Å². The molecule has 1 aliphatic carbocycles. The summed E-state index contributed by atoms with van der Waals surface area (Å²) in [6, 6.07) is 9.03. The Bertz CT molecular complexity index is 696. The minimum Gasteiger partial charge on any atom is -0.340 e. The molecule has 0 atom stereocenters. The Morgan fingerprint density at radius 3 is 2.38 bits per heavy atom. The molecule has 0 bridgehead atoms. The van der Waals surface area contributed by atoms with Crippen LogP contribution in [0.15, 0.2) is 24.3 Å². The first-order valence-corrected chi connectivity index (χ1v) is 9.35. The largest absolute Gasteiger partial charge is 0.340 e. The van der Waals surface area contributed by atoms with E-state index in [-0.39, 0.29) is 23.7 Å². The van der Waals surface area contributed by atoms with Gasteiger partial charge in [0.25, 0.3) is 0 Å². The Labute approximate surface area is 154 Å². The summed E-state index contributed by atoms with van der Waals surface area (Å²) in [6.45, 7) is 3.49. The third-order valence-electron chi connectivity index (χ3n) is 5.52. The molecule has 1 aromatic carbocycles. The van der Waals surface area contributed by atoms with Crippen LogP contribution in [0.2, 0.25) is 0 Å². The van der Waals surface area contributed by atoms with Crippen LogP contribution >= 0.6 is 0 Å². The third-order valence-corrected chi connectivity index (χ3v) is 5.52. The van der Waals surface area contributed by atoms with Crippen LogP contribution in [0, 0.1) is 23.2 Å². The summed E-state index contributed by atoms with van der Waals surface area (Å²) in [7, 11) is 2.08. The minimum atomic E-state index is -0.0581. The smallest absolute Gasteiger partial charge is 0.227 e. The van der Waals surface area contributed by atoms with E-state index in [0.29, 0.717) is 11.3 Å². The van der Waals surface area contributed by atoms with Gasteiger partial charge in [0.15, 0.2) is 0 Å². The van der Waals surface area contributed by atoms with Crippen molar-refractivity contribution in [2.75, 3.05) is 38.5 Å². The molecule has 1 saturated carbocycles. The van der Waals surface area contributed by atoms with Crippen molar-refractivity contribution in [2.45, 2.75) is 25.7 Å². The van der Waals surface area contributed by atoms with Crippen molar-refractivity contribution >= 4 is 17.5 Å². The molecule has 6 heteroatoms. The highest BCUT2D eigenvalue weighted by molar-refractivity contribution is 5.93. The van der Waals surface area contributed by atoms with E-state index in [1.54, 1.807) is 24.3 Å². The molecule has 1 heterocycles. The lowest BCUT2D eigenvalue weighted by molar-refractivity contribution is -0.139. The Hall–Kier alpha value is -2.39. The first-order valence-electron chi connectivity index (χ1n) is 9.35. The third kappa shape index (κ3) is 4.41. The van der Waals surface area contributed by atoms with Gasteiger partial charge in [0, 0.05) is 43.7 Å². The van der Waals surface area contributed by atoms with Gasteiger partial charge < -0.3 is 15.1 Å². The maximum absolute atomic E-state index is 12.7. The fraction of sp³-hybridized carbons (Fsp3) is 0.550. The van der Waals surface area contributed by atoms with Crippen LogP contribution in [0.3, 0.4) is 0 Å². The molecule has 6 nitrogen and oxygen atoms in total. The minimum absolute atomic E-state index is 0.00872. The number of piperazine rings is 1. The molecule has 0 unspecified atom stereocenters. The number of likely N-dealkylation sites (N-methyl/N-ethyl adjacent to an activating group) is 1. The van der Waals surface area contributed by atoms with Gasteiger partial charge in [-0.05, 0) is 50.9 Å². The summed E-state index contributed by atoms with van der Waals surface area (Å²) in [6.07, 6.45) is 3.05. The fourth-order valence-electron chi connectivity index (χ4n) is 3.80. The summed E-state index contributed by atoms with van der Waals surface area (Å²) >= 11 is 0. The van der Waals surface area contributed by atoms with Gasteiger partial charge >= 0.3 is 0 Å². The molecule has 2 amide bonds. The summed E-state index contributed by atoms with van der Waals surface area (Å²) in [5.41, 5.74) is 1.19. The molecule has 3 rings (SSSR count). The van der Waals surface area contributed by atoms with Crippen LogP contribution in [0.25, 0.3) is 0 Å². The second kappa shape index (κ2) is 8.33. The molecule has 26 heavy (non-hydrogen) atoms. The van der Waals surface area contributed by atoms with Gasteiger partial charge in [-0.3, -0.25) is 9.59 Å². The van der Waals surface area contributed by atoms with E-state index in [4.69, 9.17) is 5.26 Å². The topological polar surface area (TPSA) is 76.4 Å². The van der Waals surface area contributed by atoms with Crippen molar-refractivity contribution in [1.29, 1.82) is 5.26 Å². The van der Waals surface area contributed by atoms with Crippen LogP contribution in [0.5, 0.6) is 0 Å². The van der Waals surface area contributed by atoms with Gasteiger partial charge in [0.05, 0.1) is 11.6 Å². The number of carbonyl (C=O) groups is 2. The maximum Gasteiger partial charge on any atom is 0.227 e. The van der Waals surface area contributed by atoms with Crippen molar-refractivity contribution in [2.24, 2.45) is 11.8 Å². The van der Waals surface area contributed by atoms with Crippen LogP contribution in [0.1, 0.15) is 31.2 Å². The second-order valence-electron chi connectivity index (χ2n) is 7.36. The lowest BCUT2D eigenvalue weighted by Crippen LogP contribution is -2.49. The predicted octanol–water partition coefficient (Wildman–Crippen LogP) is 2.08. The Balaban J connectivity index is 1.49. The zero-order valence-electron chi connectivity index (χ0n) is 15.3. The highest BCUT2D eigenvalue weighted by Crippen LogP contribution is 2.31. The highest BCUT2D eigenvalue weighted by Gasteiger charge is 2.32. The first kappa shape index (κ1) is 18.4. The van der Waals surface area contributed by atoms with E-state index in [9.17, 15) is 9.59 Å². The SMILES string of the molecule is CN1CCN(C(=O)C2CCC(C(=O)Nc3cccc(C#N)c3)CC2)CC1. The van der Waals surface area contributed by atoms with E-state index in [1.807, 2.05) is 4.90 Å². The monoisotopic (exact) mass is 354 g/mol. The molecule has 1 N–H and O–H groups in total. The van der Waals surface area contributed by atoms with Crippen molar-refractivity contribution in [3.63, 3.8) is 0 Å². The normalized spacial score (nSPS) is 23.9. The molecule has 0 spiro atoms. The van der Waals surface area contributed by atoms with Gasteiger partial charge in [0.2, 0.25) is 11.8 Å². The van der Waals surface area contributed by atoms with Crippen LogP contribution in [-0.4, -0.2) is 54.8 Å². The zero-order chi connectivity index (χ0) is 18.5. The number of nitrogens with one attached hydrogen (secondary N) is 1. The molecule has 0 aromatic heterocycles. The standard InChI is InChI=1S/C20H26N4O2/c1-23-9-11-24(12-10-23)20(26)17-7-5-16(6-8-17)19(25)22-18-4-2-3-15(13-18)14-21/h2-4,13,16-17H,5-12H2,1H3,(H,22,25). The number of hydrogen-bond donors (Lipinski definition) is 1. The van der Waals surface area contributed by atoms with Gasteiger partial charge in [-0.15, -0.1) is 0 Å². The Morgan fingerprint density at radius 2 is 1.73 bits per heavy atom. The Kier molecular flexibility index (Phi) is 5.89. The fourth-order valence-corrected chi connectivity index (χ4v) is 3.80. The van der Waals surface area contributed by atoms with E-state index in [2.05, 4.69) is 23.3 Å². The molecule has 2 aliphatic rings. The number of carbonyl (C=O) groups excluding carboxylic acids is 2. The van der Waals surface area contributed by atoms with Crippen molar-refractivity contribution in [1.82, 2.24) is 9.80 Å². The van der Waals surface area contributed by atoms with Crippen molar-refractivity contribution in [3.05, 3.63) is 29.8 Å². The number of rotatable bonds is 3. The maximum atomic E-state index is 12.7. The molecule has 1 saturated heterocycles. The number of nitrogens with zero attached hydrogens (tertiary/aromatic N) is 3. The molecular formula is C20H26N4O2. The van der Waals surface area contributed by atoms with E-state index < -0.39 is 0 Å². The average Bonchev–Trinajstić information content (AvgIpc) is 2.68. The van der Waals surface area contributed by atoms with Gasteiger partial charge in [0.1, 0.15) is 0 Å². The molecule has 2 fully saturated rings. The molecule has 138 valence electrons. The number of hydrogen-bond acceptors (Lipinski definition) is 4. The summed E-state index contributed by atoms with van der Waals surface area (Å²) < 4.78 is 0. The molecule has 0 radical (unpaired) electrons. The number of anilines is 1. The average molecular weight is 354 g/mol. The van der Waals surface area contributed by atoms with E-state index in [1.165, 1.54) is 0 Å². The number of amides is 2. The molecule has 1 aromatic rings. The number of benzene rings is 1. The van der Waals surface area contributed by atoms with Crippen LogP contribution < -0.4 is 5.32 Å². The van der Waals surface area contributed by atoms with Crippen LogP contribution in [-0.2, 0) is 9.59 Å². The summed E-state index contributed by atoms with van der Waals surface area (Å²) in [5.74, 6) is 0.255. The second-order valence-corrected chi connectivity index (χ2v) is 7.36. The van der Waals surface area contributed by atoms with Gasteiger partial charge in [-0.1, -0.05) is 6.07 Å². The lowest BCUT2D eigenvalue weighted by atomic mass is 9.80. The predicted molar refractivity (Wildman–Crippen MR) is 99.3 cm³/mol. The van der Waals surface area contributed by atoms with Crippen LogP contribution in [0.4, 0.5) is 5.69 Å². The van der Waals surface area contributed by atoms with Gasteiger partial charge in [-0.2, -0.15) is 5.26 Å². The highest BCUT2D eigenvalue weighted by atomic mass is 16.2. The summed E-state index contributed by atoms with van der Waals surface area (Å²) in [5, 5.41) is 11.9. The lowest BCUT2D eigenvalue weighted by Gasteiger charge is -2.36. The summed E-state index contributed by atoms with van der Waals surface area (Å²) in [4.78, 5) is 29.4.